The normalized spacial score (nSPS) is 30.4. The highest BCUT2D eigenvalue weighted by Gasteiger charge is 2.40. The molecule has 1 nitrogen and oxygen atoms in total. The van der Waals surface area contributed by atoms with Gasteiger partial charge in [0.2, 0.25) is 0 Å². The minimum Gasteiger partial charge on any atom is -0.289 e. The molecule has 1 aliphatic carbocycles. The van der Waals surface area contributed by atoms with Crippen LogP contribution in [0.2, 0.25) is 0 Å². The summed E-state index contributed by atoms with van der Waals surface area (Å²) < 4.78 is 0. The maximum atomic E-state index is 4.93. The Hall–Kier alpha value is -1.11. The smallest absolute Gasteiger partial charge is 0.0534 e. The number of nitrogens with zero attached hydrogens (tertiary/aromatic N) is 1. The lowest BCUT2D eigenvalue weighted by molar-refractivity contribution is 0.172. The number of hydrogen-bond acceptors (Lipinski definition) is 1. The molecule has 1 fully saturated rings. The third kappa shape index (κ3) is 2.35. The van der Waals surface area contributed by atoms with Gasteiger partial charge in [-0.2, -0.15) is 0 Å². The highest BCUT2D eigenvalue weighted by Crippen LogP contribution is 2.49. The molecule has 1 aromatic carbocycles. The van der Waals surface area contributed by atoms with Gasteiger partial charge < -0.3 is 0 Å². The van der Waals surface area contributed by atoms with E-state index in [1.54, 1.807) is 0 Å². The molecule has 1 heteroatoms. The van der Waals surface area contributed by atoms with Crippen LogP contribution in [0.3, 0.4) is 0 Å². The average Bonchev–Trinajstić information content (AvgIpc) is 2.54. The standard InChI is InChI=1S/C18H25N/c1-18(2,3)17-14-9-5-4-8-13(14)12-19-16-11-7-6-10-15(16)17/h4-5,8-9,12,15-17H,6-7,10-11H2,1-3H3. The van der Waals surface area contributed by atoms with Gasteiger partial charge in [0.15, 0.2) is 0 Å². The van der Waals surface area contributed by atoms with Crippen LogP contribution >= 0.6 is 0 Å². The number of fused-ring (bicyclic) bond motifs is 2. The van der Waals surface area contributed by atoms with Crippen molar-refractivity contribution in [3.05, 3.63) is 35.4 Å². The summed E-state index contributed by atoms with van der Waals surface area (Å²) in [6.45, 7) is 7.18. The molecule has 0 aromatic heterocycles. The van der Waals surface area contributed by atoms with E-state index in [4.69, 9.17) is 4.99 Å². The monoisotopic (exact) mass is 255 g/mol. The predicted molar refractivity (Wildman–Crippen MR) is 82.0 cm³/mol. The Morgan fingerprint density at radius 3 is 2.58 bits per heavy atom. The molecular formula is C18H25N. The fraction of sp³-hybridized carbons (Fsp3) is 0.611. The predicted octanol–water partition coefficient (Wildman–Crippen LogP) is 4.81. The number of aliphatic imine (C=N–C) groups is 1. The number of benzene rings is 1. The maximum absolute atomic E-state index is 4.93. The molecular weight excluding hydrogens is 230 g/mol. The van der Waals surface area contributed by atoms with Crippen molar-refractivity contribution < 1.29 is 0 Å². The van der Waals surface area contributed by atoms with Gasteiger partial charge in [-0.25, -0.2) is 0 Å². The van der Waals surface area contributed by atoms with Crippen molar-refractivity contribution >= 4 is 6.21 Å². The minimum absolute atomic E-state index is 0.310. The summed E-state index contributed by atoms with van der Waals surface area (Å²) in [4.78, 5) is 4.93. The first-order valence-corrected chi connectivity index (χ1v) is 7.69. The molecule has 0 spiro atoms. The Balaban J connectivity index is 2.11. The Bertz CT molecular complexity index is 481. The number of rotatable bonds is 0. The average molecular weight is 255 g/mol. The summed E-state index contributed by atoms with van der Waals surface area (Å²) in [5.74, 6) is 1.37. The summed E-state index contributed by atoms with van der Waals surface area (Å²) in [6, 6.07) is 9.43. The van der Waals surface area contributed by atoms with E-state index in [-0.39, 0.29) is 0 Å². The van der Waals surface area contributed by atoms with E-state index in [1.165, 1.54) is 36.8 Å². The summed E-state index contributed by atoms with van der Waals surface area (Å²) in [6.07, 6.45) is 7.50. The lowest BCUT2D eigenvalue weighted by atomic mass is 9.64. The topological polar surface area (TPSA) is 12.4 Å². The van der Waals surface area contributed by atoms with E-state index < -0.39 is 0 Å². The summed E-state index contributed by atoms with van der Waals surface area (Å²) in [5, 5.41) is 0. The van der Waals surface area contributed by atoms with E-state index in [2.05, 4.69) is 51.3 Å². The molecule has 0 radical (unpaired) electrons. The van der Waals surface area contributed by atoms with Gasteiger partial charge in [-0.05, 0) is 41.2 Å². The Kier molecular flexibility index (Phi) is 3.24. The second-order valence-electron chi connectivity index (χ2n) is 7.27. The quantitative estimate of drug-likeness (QED) is 0.631. The first-order valence-electron chi connectivity index (χ1n) is 7.69. The van der Waals surface area contributed by atoms with Gasteiger partial charge in [-0.15, -0.1) is 0 Å². The fourth-order valence-electron chi connectivity index (χ4n) is 4.14. The number of hydrogen-bond donors (Lipinski definition) is 0. The molecule has 1 aromatic rings. The highest BCUT2D eigenvalue weighted by molar-refractivity contribution is 5.82. The third-order valence-electron chi connectivity index (χ3n) is 4.88. The molecule has 3 unspecified atom stereocenters. The molecule has 1 saturated carbocycles. The van der Waals surface area contributed by atoms with Crippen LogP contribution < -0.4 is 0 Å². The first kappa shape index (κ1) is 12.9. The molecule has 3 atom stereocenters. The largest absolute Gasteiger partial charge is 0.289 e. The van der Waals surface area contributed by atoms with Gasteiger partial charge in [0.1, 0.15) is 0 Å². The van der Waals surface area contributed by atoms with Gasteiger partial charge in [-0.1, -0.05) is 57.9 Å². The Labute approximate surface area is 117 Å². The van der Waals surface area contributed by atoms with Crippen molar-refractivity contribution in [3.63, 3.8) is 0 Å². The molecule has 19 heavy (non-hydrogen) atoms. The van der Waals surface area contributed by atoms with Crippen LogP contribution in [0, 0.1) is 11.3 Å². The van der Waals surface area contributed by atoms with E-state index in [0.717, 1.165) is 5.92 Å². The van der Waals surface area contributed by atoms with E-state index in [1.807, 2.05) is 0 Å². The van der Waals surface area contributed by atoms with Gasteiger partial charge in [0, 0.05) is 6.21 Å². The van der Waals surface area contributed by atoms with Crippen LogP contribution in [0.1, 0.15) is 63.5 Å². The zero-order valence-electron chi connectivity index (χ0n) is 12.4. The SMILES string of the molecule is CC(C)(C)C1c2ccccc2C=NC2CCCCC21. The Morgan fingerprint density at radius 2 is 1.79 bits per heavy atom. The lowest BCUT2D eigenvalue weighted by Gasteiger charge is -2.41. The minimum atomic E-state index is 0.310. The van der Waals surface area contributed by atoms with Crippen LogP contribution in [0.15, 0.2) is 29.3 Å². The molecule has 0 saturated heterocycles. The van der Waals surface area contributed by atoms with E-state index in [0.29, 0.717) is 17.4 Å². The van der Waals surface area contributed by atoms with Crippen LogP contribution in [0.5, 0.6) is 0 Å². The van der Waals surface area contributed by atoms with Gasteiger partial charge in [0.25, 0.3) is 0 Å². The van der Waals surface area contributed by atoms with Crippen molar-refractivity contribution in [2.75, 3.05) is 0 Å². The van der Waals surface area contributed by atoms with Crippen molar-refractivity contribution in [2.45, 2.75) is 58.4 Å². The third-order valence-corrected chi connectivity index (χ3v) is 4.88. The molecule has 0 amide bonds. The van der Waals surface area contributed by atoms with Crippen LogP contribution in [-0.2, 0) is 0 Å². The molecule has 0 N–H and O–H groups in total. The first-order chi connectivity index (χ1) is 9.07. The molecule has 1 heterocycles. The molecule has 3 rings (SSSR count). The van der Waals surface area contributed by atoms with Crippen LogP contribution in [0.25, 0.3) is 0 Å². The molecule has 102 valence electrons. The summed E-state index contributed by atoms with van der Waals surface area (Å²) in [7, 11) is 0. The molecule has 0 bridgehead atoms. The van der Waals surface area contributed by atoms with E-state index in [9.17, 15) is 0 Å². The lowest BCUT2D eigenvalue weighted by Crippen LogP contribution is -2.34. The summed E-state index contributed by atoms with van der Waals surface area (Å²) >= 11 is 0. The van der Waals surface area contributed by atoms with Crippen molar-refractivity contribution in [3.8, 4) is 0 Å². The zero-order valence-corrected chi connectivity index (χ0v) is 12.4. The second-order valence-corrected chi connectivity index (χ2v) is 7.27. The molecule has 2 aliphatic rings. The highest BCUT2D eigenvalue weighted by atomic mass is 14.8. The van der Waals surface area contributed by atoms with Crippen molar-refractivity contribution in [2.24, 2.45) is 16.3 Å². The fourth-order valence-corrected chi connectivity index (χ4v) is 4.14. The van der Waals surface area contributed by atoms with Gasteiger partial charge in [0.05, 0.1) is 6.04 Å². The van der Waals surface area contributed by atoms with Crippen LogP contribution in [-0.4, -0.2) is 12.3 Å². The zero-order chi connectivity index (χ0) is 13.5. The summed E-state index contributed by atoms with van der Waals surface area (Å²) in [5.41, 5.74) is 3.18. The Morgan fingerprint density at radius 1 is 1.05 bits per heavy atom. The van der Waals surface area contributed by atoms with E-state index >= 15 is 0 Å². The van der Waals surface area contributed by atoms with Crippen molar-refractivity contribution in [1.29, 1.82) is 0 Å². The maximum Gasteiger partial charge on any atom is 0.0534 e. The molecule has 1 aliphatic heterocycles. The van der Waals surface area contributed by atoms with Gasteiger partial charge >= 0.3 is 0 Å². The van der Waals surface area contributed by atoms with Crippen LogP contribution in [0.4, 0.5) is 0 Å². The second kappa shape index (κ2) is 4.77. The van der Waals surface area contributed by atoms with Gasteiger partial charge in [-0.3, -0.25) is 4.99 Å². The van der Waals surface area contributed by atoms with Crippen molar-refractivity contribution in [1.82, 2.24) is 0 Å².